The molecule has 0 spiro atoms. The number of rotatable bonds is 6. The first-order valence-corrected chi connectivity index (χ1v) is 6.94. The van der Waals surface area contributed by atoms with Gasteiger partial charge in [0, 0.05) is 5.38 Å². The van der Waals surface area contributed by atoms with Crippen LogP contribution in [0.3, 0.4) is 0 Å². The number of nitrogens with zero attached hydrogens (tertiary/aromatic N) is 3. The SMILES string of the molecule is Cc1nc(Cc2noc(CNCC(C)C)n2)cs1. The fourth-order valence-electron chi connectivity index (χ4n) is 1.55. The van der Waals surface area contributed by atoms with Crippen molar-refractivity contribution >= 4 is 11.3 Å². The Morgan fingerprint density at radius 3 is 2.89 bits per heavy atom. The summed E-state index contributed by atoms with van der Waals surface area (Å²) in [6, 6.07) is 0. The highest BCUT2D eigenvalue weighted by Gasteiger charge is 2.08. The molecule has 6 heteroatoms. The van der Waals surface area contributed by atoms with Crippen LogP contribution in [-0.2, 0) is 13.0 Å². The average molecular weight is 266 g/mol. The highest BCUT2D eigenvalue weighted by Crippen LogP contribution is 2.11. The van der Waals surface area contributed by atoms with Crippen LogP contribution in [0.4, 0.5) is 0 Å². The normalized spacial score (nSPS) is 11.3. The molecule has 0 aromatic carbocycles. The number of nitrogens with one attached hydrogen (secondary N) is 1. The Morgan fingerprint density at radius 2 is 2.22 bits per heavy atom. The molecule has 0 radical (unpaired) electrons. The maximum Gasteiger partial charge on any atom is 0.240 e. The molecule has 0 unspecified atom stereocenters. The molecule has 2 heterocycles. The van der Waals surface area contributed by atoms with Gasteiger partial charge in [-0.1, -0.05) is 19.0 Å². The molecule has 1 N–H and O–H groups in total. The van der Waals surface area contributed by atoms with Crippen molar-refractivity contribution in [3.05, 3.63) is 27.8 Å². The predicted molar refractivity (Wildman–Crippen MR) is 70.5 cm³/mol. The molecule has 5 nitrogen and oxygen atoms in total. The van der Waals surface area contributed by atoms with Gasteiger partial charge in [-0.2, -0.15) is 4.98 Å². The molecule has 0 bridgehead atoms. The van der Waals surface area contributed by atoms with Crippen LogP contribution in [-0.4, -0.2) is 21.7 Å². The molecule has 2 rings (SSSR count). The molecule has 0 fully saturated rings. The molecule has 0 saturated heterocycles. The molecular weight excluding hydrogens is 248 g/mol. The van der Waals surface area contributed by atoms with Crippen LogP contribution < -0.4 is 5.32 Å². The van der Waals surface area contributed by atoms with Gasteiger partial charge in [-0.15, -0.1) is 11.3 Å². The number of aromatic nitrogens is 3. The second kappa shape index (κ2) is 6.06. The van der Waals surface area contributed by atoms with E-state index in [-0.39, 0.29) is 0 Å². The monoisotopic (exact) mass is 266 g/mol. The first-order valence-electron chi connectivity index (χ1n) is 6.06. The lowest BCUT2D eigenvalue weighted by Gasteiger charge is -2.03. The fraction of sp³-hybridized carbons (Fsp3) is 0.583. The summed E-state index contributed by atoms with van der Waals surface area (Å²) in [6.45, 7) is 7.89. The molecule has 2 aromatic rings. The van der Waals surface area contributed by atoms with Gasteiger partial charge >= 0.3 is 0 Å². The minimum Gasteiger partial charge on any atom is -0.338 e. The number of thiazole rings is 1. The summed E-state index contributed by atoms with van der Waals surface area (Å²) in [5, 5.41) is 10.3. The van der Waals surface area contributed by atoms with Crippen LogP contribution in [0.15, 0.2) is 9.90 Å². The minimum atomic E-state index is 0.616. The Kier molecular flexibility index (Phi) is 4.43. The molecule has 98 valence electrons. The molecule has 0 aliphatic heterocycles. The standard InChI is InChI=1S/C12H18N4OS/c1-8(2)5-13-6-12-15-11(16-17-12)4-10-7-18-9(3)14-10/h7-8,13H,4-6H2,1-3H3. The van der Waals surface area contributed by atoms with E-state index < -0.39 is 0 Å². The van der Waals surface area contributed by atoms with Crippen molar-refractivity contribution in [2.24, 2.45) is 5.92 Å². The Labute approximate surface area is 111 Å². The topological polar surface area (TPSA) is 63.8 Å². The minimum absolute atomic E-state index is 0.616. The van der Waals surface area contributed by atoms with Crippen molar-refractivity contribution in [1.29, 1.82) is 0 Å². The second-order valence-electron chi connectivity index (χ2n) is 4.66. The van der Waals surface area contributed by atoms with Crippen molar-refractivity contribution in [2.45, 2.75) is 33.7 Å². The van der Waals surface area contributed by atoms with Crippen molar-refractivity contribution in [1.82, 2.24) is 20.4 Å². The van der Waals surface area contributed by atoms with Gasteiger partial charge in [0.25, 0.3) is 0 Å². The zero-order valence-corrected chi connectivity index (χ0v) is 11.8. The van der Waals surface area contributed by atoms with Gasteiger partial charge in [0.05, 0.1) is 23.7 Å². The highest BCUT2D eigenvalue weighted by atomic mass is 32.1. The van der Waals surface area contributed by atoms with Crippen LogP contribution in [0.5, 0.6) is 0 Å². The summed E-state index contributed by atoms with van der Waals surface area (Å²) in [5.41, 5.74) is 1.000. The van der Waals surface area contributed by atoms with Crippen molar-refractivity contribution in [3.63, 3.8) is 0 Å². The molecule has 0 aliphatic rings. The third-order valence-corrected chi connectivity index (χ3v) is 3.17. The zero-order chi connectivity index (χ0) is 13.0. The van der Waals surface area contributed by atoms with Crippen LogP contribution in [0.25, 0.3) is 0 Å². The lowest BCUT2D eigenvalue weighted by atomic mass is 10.2. The van der Waals surface area contributed by atoms with Gasteiger partial charge in [0.1, 0.15) is 0 Å². The lowest BCUT2D eigenvalue weighted by molar-refractivity contribution is 0.360. The Hall–Kier alpha value is -1.27. The van der Waals surface area contributed by atoms with E-state index in [0.29, 0.717) is 30.6 Å². The molecule has 0 aliphatic carbocycles. The zero-order valence-electron chi connectivity index (χ0n) is 10.9. The smallest absolute Gasteiger partial charge is 0.240 e. The van der Waals surface area contributed by atoms with Gasteiger partial charge < -0.3 is 9.84 Å². The molecule has 0 atom stereocenters. The van der Waals surface area contributed by atoms with Crippen LogP contribution in [0, 0.1) is 12.8 Å². The largest absolute Gasteiger partial charge is 0.338 e. The first-order chi connectivity index (χ1) is 8.63. The van der Waals surface area contributed by atoms with E-state index in [1.54, 1.807) is 11.3 Å². The van der Waals surface area contributed by atoms with Crippen molar-refractivity contribution in [3.8, 4) is 0 Å². The summed E-state index contributed by atoms with van der Waals surface area (Å²) in [5.74, 6) is 1.95. The van der Waals surface area contributed by atoms with Crippen LogP contribution in [0.2, 0.25) is 0 Å². The number of aryl methyl sites for hydroxylation is 1. The third-order valence-electron chi connectivity index (χ3n) is 2.34. The van der Waals surface area contributed by atoms with Gasteiger partial charge in [-0.3, -0.25) is 0 Å². The molecular formula is C12H18N4OS. The maximum absolute atomic E-state index is 5.18. The van der Waals surface area contributed by atoms with Gasteiger partial charge in [0.15, 0.2) is 5.82 Å². The maximum atomic E-state index is 5.18. The molecule has 18 heavy (non-hydrogen) atoms. The highest BCUT2D eigenvalue weighted by molar-refractivity contribution is 7.09. The van der Waals surface area contributed by atoms with E-state index in [2.05, 4.69) is 34.3 Å². The first kappa shape index (κ1) is 13.2. The lowest BCUT2D eigenvalue weighted by Crippen LogP contribution is -2.19. The second-order valence-corrected chi connectivity index (χ2v) is 5.73. The summed E-state index contributed by atoms with van der Waals surface area (Å²) in [7, 11) is 0. The number of hydrogen-bond acceptors (Lipinski definition) is 6. The van der Waals surface area contributed by atoms with E-state index in [9.17, 15) is 0 Å². The van der Waals surface area contributed by atoms with E-state index in [0.717, 1.165) is 17.2 Å². The van der Waals surface area contributed by atoms with Crippen molar-refractivity contribution < 1.29 is 4.52 Å². The summed E-state index contributed by atoms with van der Waals surface area (Å²) < 4.78 is 5.18. The van der Waals surface area contributed by atoms with Crippen LogP contribution in [0.1, 0.15) is 36.3 Å². The van der Waals surface area contributed by atoms with Gasteiger partial charge in [0.2, 0.25) is 5.89 Å². The van der Waals surface area contributed by atoms with Gasteiger partial charge in [-0.25, -0.2) is 4.98 Å². The quantitative estimate of drug-likeness (QED) is 0.868. The predicted octanol–water partition coefficient (Wildman–Crippen LogP) is 2.17. The third kappa shape index (κ3) is 3.89. The van der Waals surface area contributed by atoms with E-state index >= 15 is 0 Å². The Bertz CT molecular complexity index is 492. The Morgan fingerprint density at radius 1 is 1.39 bits per heavy atom. The summed E-state index contributed by atoms with van der Waals surface area (Å²) in [4.78, 5) is 8.72. The fourth-order valence-corrected chi connectivity index (χ4v) is 2.17. The molecule has 0 saturated carbocycles. The van der Waals surface area contributed by atoms with E-state index in [1.807, 2.05) is 12.3 Å². The molecule has 0 amide bonds. The average Bonchev–Trinajstić information content (AvgIpc) is 2.89. The van der Waals surface area contributed by atoms with E-state index in [1.165, 1.54) is 0 Å². The Balaban J connectivity index is 1.86. The van der Waals surface area contributed by atoms with E-state index in [4.69, 9.17) is 4.52 Å². The summed E-state index contributed by atoms with van der Waals surface area (Å²) >= 11 is 1.64. The van der Waals surface area contributed by atoms with Crippen LogP contribution >= 0.6 is 11.3 Å². The molecule has 2 aromatic heterocycles. The summed E-state index contributed by atoms with van der Waals surface area (Å²) in [6.07, 6.45) is 0.637. The van der Waals surface area contributed by atoms with Gasteiger partial charge in [-0.05, 0) is 19.4 Å². The number of hydrogen-bond donors (Lipinski definition) is 1. The van der Waals surface area contributed by atoms with Crippen molar-refractivity contribution in [2.75, 3.05) is 6.54 Å².